The molecule has 19 heavy (non-hydrogen) atoms. The van der Waals surface area contributed by atoms with Gasteiger partial charge in [0, 0.05) is 6.54 Å². The van der Waals surface area contributed by atoms with Crippen molar-refractivity contribution in [1.82, 2.24) is 10.6 Å². The number of fused-ring (bicyclic) bond motifs is 1. The van der Waals surface area contributed by atoms with E-state index in [0.29, 0.717) is 13.2 Å². The smallest absolute Gasteiger partial charge is 0.236 e. The van der Waals surface area contributed by atoms with Gasteiger partial charge in [0.2, 0.25) is 5.91 Å². The van der Waals surface area contributed by atoms with Crippen LogP contribution in [0.3, 0.4) is 0 Å². The van der Waals surface area contributed by atoms with Gasteiger partial charge in [0.25, 0.3) is 0 Å². The molecule has 0 aromatic heterocycles. The van der Waals surface area contributed by atoms with Crippen molar-refractivity contribution in [1.29, 1.82) is 0 Å². The van der Waals surface area contributed by atoms with Crippen LogP contribution in [-0.2, 0) is 16.1 Å². The molecular weight excluding hydrogens is 240 g/mol. The normalized spacial score (nSPS) is 19.6. The van der Waals surface area contributed by atoms with Crippen molar-refractivity contribution < 1.29 is 9.53 Å². The monoisotopic (exact) mass is 262 g/mol. The number of hydrogen-bond donors (Lipinski definition) is 2. The molecular formula is C15H22N2O2. The summed E-state index contributed by atoms with van der Waals surface area (Å²) in [7, 11) is 0. The Bertz CT molecular complexity index is 434. The number of amides is 1. The molecule has 2 atom stereocenters. The van der Waals surface area contributed by atoms with E-state index >= 15 is 0 Å². The van der Waals surface area contributed by atoms with E-state index in [-0.39, 0.29) is 18.0 Å². The lowest BCUT2D eigenvalue weighted by atomic mass is 9.98. The molecule has 0 spiro atoms. The molecule has 1 amide bonds. The predicted molar refractivity (Wildman–Crippen MR) is 74.7 cm³/mol. The third-order valence-corrected chi connectivity index (χ3v) is 3.37. The van der Waals surface area contributed by atoms with E-state index in [1.165, 1.54) is 11.1 Å². The number of nitrogens with one attached hydrogen (secondary N) is 2. The highest BCUT2D eigenvalue weighted by molar-refractivity contribution is 5.81. The molecule has 4 heteroatoms. The zero-order chi connectivity index (χ0) is 13.7. The maximum absolute atomic E-state index is 11.9. The van der Waals surface area contributed by atoms with Gasteiger partial charge in [0.15, 0.2) is 0 Å². The first-order valence-corrected chi connectivity index (χ1v) is 6.91. The molecule has 1 aliphatic rings. The van der Waals surface area contributed by atoms with Gasteiger partial charge in [-0.25, -0.2) is 0 Å². The van der Waals surface area contributed by atoms with E-state index in [2.05, 4.69) is 22.8 Å². The van der Waals surface area contributed by atoms with Crippen LogP contribution in [0, 0.1) is 0 Å². The van der Waals surface area contributed by atoms with E-state index in [0.717, 1.165) is 13.0 Å². The fourth-order valence-electron chi connectivity index (χ4n) is 2.30. The highest BCUT2D eigenvalue weighted by Crippen LogP contribution is 2.24. The maximum Gasteiger partial charge on any atom is 0.236 e. The zero-order valence-electron chi connectivity index (χ0n) is 11.6. The van der Waals surface area contributed by atoms with Crippen molar-refractivity contribution >= 4 is 5.91 Å². The number of benzene rings is 1. The summed E-state index contributed by atoms with van der Waals surface area (Å²) in [5.41, 5.74) is 2.44. The quantitative estimate of drug-likeness (QED) is 0.850. The average Bonchev–Trinajstić information content (AvgIpc) is 2.45. The molecule has 1 aromatic carbocycles. The first kappa shape index (κ1) is 14.0. The van der Waals surface area contributed by atoms with Gasteiger partial charge in [-0.15, -0.1) is 0 Å². The van der Waals surface area contributed by atoms with Crippen LogP contribution < -0.4 is 10.6 Å². The predicted octanol–water partition coefficient (Wildman–Crippen LogP) is 1.76. The van der Waals surface area contributed by atoms with Crippen molar-refractivity contribution in [3.8, 4) is 0 Å². The third-order valence-electron chi connectivity index (χ3n) is 3.37. The van der Waals surface area contributed by atoms with E-state index in [4.69, 9.17) is 4.74 Å². The van der Waals surface area contributed by atoms with Crippen molar-refractivity contribution in [3.63, 3.8) is 0 Å². The molecule has 0 saturated carbocycles. The Morgan fingerprint density at radius 3 is 3.05 bits per heavy atom. The fourth-order valence-corrected chi connectivity index (χ4v) is 2.30. The summed E-state index contributed by atoms with van der Waals surface area (Å²) < 4.78 is 5.58. The van der Waals surface area contributed by atoms with Gasteiger partial charge in [0.1, 0.15) is 0 Å². The molecule has 1 heterocycles. The Balaban J connectivity index is 1.98. The second-order valence-corrected chi connectivity index (χ2v) is 4.95. The summed E-state index contributed by atoms with van der Waals surface area (Å²) in [5, 5.41) is 6.25. The Morgan fingerprint density at radius 2 is 2.26 bits per heavy atom. The standard InChI is InChI=1S/C15H22N2O2/c1-3-8-16-15(18)11(2)17-14-10-19-9-12-6-4-5-7-13(12)14/h4-7,11,14,17H,3,8-10H2,1-2H3,(H,16,18). The second-order valence-electron chi connectivity index (χ2n) is 4.95. The number of rotatable bonds is 5. The van der Waals surface area contributed by atoms with Gasteiger partial charge in [0.05, 0.1) is 25.3 Å². The average molecular weight is 262 g/mol. The van der Waals surface area contributed by atoms with Gasteiger partial charge >= 0.3 is 0 Å². The molecule has 2 rings (SSSR count). The van der Waals surface area contributed by atoms with E-state index < -0.39 is 0 Å². The number of hydrogen-bond acceptors (Lipinski definition) is 3. The van der Waals surface area contributed by atoms with Gasteiger partial charge < -0.3 is 10.1 Å². The molecule has 1 aliphatic heterocycles. The van der Waals surface area contributed by atoms with Gasteiger partial charge in [-0.3, -0.25) is 10.1 Å². The molecule has 2 N–H and O–H groups in total. The van der Waals surface area contributed by atoms with Crippen LogP contribution in [-0.4, -0.2) is 25.1 Å². The molecule has 4 nitrogen and oxygen atoms in total. The molecule has 1 aromatic rings. The molecule has 0 saturated heterocycles. The Morgan fingerprint density at radius 1 is 1.47 bits per heavy atom. The zero-order valence-corrected chi connectivity index (χ0v) is 11.6. The van der Waals surface area contributed by atoms with Crippen LogP contribution in [0.1, 0.15) is 37.4 Å². The number of ether oxygens (including phenoxy) is 1. The van der Waals surface area contributed by atoms with Crippen molar-refractivity contribution in [2.45, 2.75) is 39.0 Å². The highest BCUT2D eigenvalue weighted by Gasteiger charge is 2.23. The molecule has 0 radical (unpaired) electrons. The van der Waals surface area contributed by atoms with Crippen LogP contribution >= 0.6 is 0 Å². The first-order chi connectivity index (χ1) is 9.22. The largest absolute Gasteiger partial charge is 0.375 e. The Kier molecular flexibility index (Phi) is 4.93. The minimum absolute atomic E-state index is 0.0462. The topological polar surface area (TPSA) is 50.4 Å². The van der Waals surface area contributed by atoms with Crippen LogP contribution in [0.2, 0.25) is 0 Å². The minimum atomic E-state index is -0.216. The Hall–Kier alpha value is -1.39. The third kappa shape index (κ3) is 3.55. The number of carbonyl (C=O) groups is 1. The van der Waals surface area contributed by atoms with Crippen molar-refractivity contribution in [3.05, 3.63) is 35.4 Å². The van der Waals surface area contributed by atoms with E-state index in [1.54, 1.807) is 0 Å². The lowest BCUT2D eigenvalue weighted by Gasteiger charge is -2.28. The van der Waals surface area contributed by atoms with Gasteiger partial charge in [-0.2, -0.15) is 0 Å². The molecule has 104 valence electrons. The van der Waals surface area contributed by atoms with Gasteiger partial charge in [-0.05, 0) is 24.5 Å². The Labute approximate surface area is 114 Å². The molecule has 0 aliphatic carbocycles. The summed E-state index contributed by atoms with van der Waals surface area (Å²) in [4.78, 5) is 11.9. The van der Waals surface area contributed by atoms with Crippen molar-refractivity contribution in [2.75, 3.05) is 13.2 Å². The lowest BCUT2D eigenvalue weighted by molar-refractivity contribution is -0.123. The van der Waals surface area contributed by atoms with E-state index in [1.807, 2.05) is 26.0 Å². The van der Waals surface area contributed by atoms with Crippen molar-refractivity contribution in [2.24, 2.45) is 0 Å². The van der Waals surface area contributed by atoms with Gasteiger partial charge in [-0.1, -0.05) is 31.2 Å². The summed E-state index contributed by atoms with van der Waals surface area (Å²) in [5.74, 6) is 0.0462. The van der Waals surface area contributed by atoms with Crippen LogP contribution in [0.4, 0.5) is 0 Å². The summed E-state index contributed by atoms with van der Waals surface area (Å²) in [6, 6.07) is 8.10. The SMILES string of the molecule is CCCNC(=O)C(C)NC1COCc2ccccc21. The number of carbonyl (C=O) groups excluding carboxylic acids is 1. The van der Waals surface area contributed by atoms with Crippen LogP contribution in [0.15, 0.2) is 24.3 Å². The summed E-state index contributed by atoms with van der Waals surface area (Å²) in [6.45, 7) is 5.93. The summed E-state index contributed by atoms with van der Waals surface area (Å²) >= 11 is 0. The molecule has 0 fully saturated rings. The highest BCUT2D eigenvalue weighted by atomic mass is 16.5. The summed E-state index contributed by atoms with van der Waals surface area (Å²) in [6.07, 6.45) is 0.952. The van der Waals surface area contributed by atoms with Crippen LogP contribution in [0.5, 0.6) is 0 Å². The minimum Gasteiger partial charge on any atom is -0.375 e. The fraction of sp³-hybridized carbons (Fsp3) is 0.533. The molecule has 0 bridgehead atoms. The van der Waals surface area contributed by atoms with E-state index in [9.17, 15) is 4.79 Å². The molecule has 2 unspecified atom stereocenters. The van der Waals surface area contributed by atoms with Crippen LogP contribution in [0.25, 0.3) is 0 Å². The maximum atomic E-state index is 11.9. The second kappa shape index (κ2) is 6.68. The first-order valence-electron chi connectivity index (χ1n) is 6.91. The lowest BCUT2D eigenvalue weighted by Crippen LogP contribution is -2.45.